The van der Waals surface area contributed by atoms with Crippen molar-refractivity contribution in [3.8, 4) is 17.1 Å². The van der Waals surface area contributed by atoms with Crippen molar-refractivity contribution in [1.29, 1.82) is 0 Å². The number of aliphatic hydroxyl groups excluding tert-OH is 1. The van der Waals surface area contributed by atoms with Gasteiger partial charge in [-0.25, -0.2) is 0 Å². The van der Waals surface area contributed by atoms with E-state index in [4.69, 9.17) is 13.7 Å². The van der Waals surface area contributed by atoms with Crippen LogP contribution in [0.4, 0.5) is 0 Å². The van der Waals surface area contributed by atoms with Gasteiger partial charge >= 0.3 is 0 Å². The SMILES string of the molecule is Cc1ccc(-c2noc(CCN(Cc3ccco3)C[C@@H](O)COc3ccccc3C)n2)cc1. The number of aryl methyl sites for hydroxylation is 2. The molecule has 0 spiro atoms. The summed E-state index contributed by atoms with van der Waals surface area (Å²) in [7, 11) is 0. The molecule has 0 fully saturated rings. The maximum absolute atomic E-state index is 10.6. The molecule has 0 saturated heterocycles. The molecule has 2 heterocycles. The van der Waals surface area contributed by atoms with Gasteiger partial charge in [0.25, 0.3) is 0 Å². The molecule has 0 saturated carbocycles. The molecule has 2 aromatic heterocycles. The maximum atomic E-state index is 10.6. The Morgan fingerprint density at radius 3 is 2.61 bits per heavy atom. The van der Waals surface area contributed by atoms with Crippen molar-refractivity contribution >= 4 is 0 Å². The predicted octanol–water partition coefficient (Wildman–Crippen LogP) is 4.43. The number of hydrogen-bond acceptors (Lipinski definition) is 7. The fourth-order valence-corrected chi connectivity index (χ4v) is 3.54. The molecule has 33 heavy (non-hydrogen) atoms. The van der Waals surface area contributed by atoms with Crippen molar-refractivity contribution in [2.45, 2.75) is 32.9 Å². The summed E-state index contributed by atoms with van der Waals surface area (Å²) in [4.78, 5) is 6.63. The molecule has 0 aliphatic carbocycles. The Morgan fingerprint density at radius 1 is 1.03 bits per heavy atom. The van der Waals surface area contributed by atoms with Gasteiger partial charge in [0.1, 0.15) is 24.2 Å². The molecule has 7 heteroatoms. The van der Waals surface area contributed by atoms with Crippen LogP contribution in [-0.4, -0.2) is 45.9 Å². The first-order chi connectivity index (χ1) is 16.1. The summed E-state index contributed by atoms with van der Waals surface area (Å²) in [6.07, 6.45) is 1.55. The molecule has 7 nitrogen and oxygen atoms in total. The van der Waals surface area contributed by atoms with E-state index in [1.165, 1.54) is 5.56 Å². The highest BCUT2D eigenvalue weighted by molar-refractivity contribution is 5.54. The normalized spacial score (nSPS) is 12.2. The number of aromatic nitrogens is 2. The van der Waals surface area contributed by atoms with Gasteiger partial charge in [-0.3, -0.25) is 4.90 Å². The lowest BCUT2D eigenvalue weighted by Gasteiger charge is -2.24. The van der Waals surface area contributed by atoms with E-state index in [-0.39, 0.29) is 6.61 Å². The fourth-order valence-electron chi connectivity index (χ4n) is 3.54. The number of ether oxygens (including phenoxy) is 1. The third-order valence-electron chi connectivity index (χ3n) is 5.37. The Balaban J connectivity index is 1.35. The molecule has 2 aromatic carbocycles. The van der Waals surface area contributed by atoms with E-state index in [0.29, 0.717) is 37.8 Å². The molecule has 1 atom stereocenters. The molecular formula is C26H29N3O4. The Kier molecular flexibility index (Phi) is 7.55. The van der Waals surface area contributed by atoms with E-state index < -0.39 is 6.10 Å². The zero-order valence-electron chi connectivity index (χ0n) is 19.0. The Morgan fingerprint density at radius 2 is 1.85 bits per heavy atom. The van der Waals surface area contributed by atoms with E-state index >= 15 is 0 Å². The van der Waals surface area contributed by atoms with Crippen molar-refractivity contribution in [3.05, 3.63) is 89.7 Å². The molecule has 0 amide bonds. The summed E-state index contributed by atoms with van der Waals surface area (Å²) in [5.74, 6) is 2.74. The number of aliphatic hydroxyl groups is 1. The minimum Gasteiger partial charge on any atom is -0.491 e. The van der Waals surface area contributed by atoms with Gasteiger partial charge in [0.2, 0.25) is 11.7 Å². The first-order valence-electron chi connectivity index (χ1n) is 11.1. The average Bonchev–Trinajstić information content (AvgIpc) is 3.50. The topological polar surface area (TPSA) is 84.8 Å². The van der Waals surface area contributed by atoms with Crippen molar-refractivity contribution in [1.82, 2.24) is 15.0 Å². The lowest BCUT2D eigenvalue weighted by atomic mass is 10.1. The highest BCUT2D eigenvalue weighted by atomic mass is 16.5. The molecule has 0 aliphatic rings. The summed E-state index contributed by atoms with van der Waals surface area (Å²) in [6.45, 7) is 5.84. The van der Waals surface area contributed by atoms with Crippen LogP contribution in [-0.2, 0) is 13.0 Å². The van der Waals surface area contributed by atoms with E-state index in [1.54, 1.807) is 6.26 Å². The van der Waals surface area contributed by atoms with Gasteiger partial charge in [-0.2, -0.15) is 4.98 Å². The monoisotopic (exact) mass is 447 g/mol. The lowest BCUT2D eigenvalue weighted by molar-refractivity contribution is 0.0627. The van der Waals surface area contributed by atoms with Crippen LogP contribution >= 0.6 is 0 Å². The van der Waals surface area contributed by atoms with Crippen LogP contribution in [0.2, 0.25) is 0 Å². The van der Waals surface area contributed by atoms with Crippen LogP contribution in [0.3, 0.4) is 0 Å². The zero-order valence-corrected chi connectivity index (χ0v) is 19.0. The Hall–Kier alpha value is -3.42. The third kappa shape index (κ3) is 6.54. The first-order valence-corrected chi connectivity index (χ1v) is 11.1. The van der Waals surface area contributed by atoms with Crippen LogP contribution in [0.5, 0.6) is 5.75 Å². The van der Waals surface area contributed by atoms with Crippen LogP contribution in [0, 0.1) is 13.8 Å². The number of furan rings is 1. The molecule has 172 valence electrons. The molecule has 4 aromatic rings. The molecule has 1 N–H and O–H groups in total. The third-order valence-corrected chi connectivity index (χ3v) is 5.37. The lowest BCUT2D eigenvalue weighted by Crippen LogP contribution is -2.36. The van der Waals surface area contributed by atoms with E-state index in [9.17, 15) is 5.11 Å². The van der Waals surface area contributed by atoms with Gasteiger partial charge in [0, 0.05) is 25.1 Å². The zero-order chi connectivity index (χ0) is 23.0. The number of hydrogen-bond donors (Lipinski definition) is 1. The summed E-state index contributed by atoms with van der Waals surface area (Å²) < 4.78 is 16.8. The average molecular weight is 448 g/mol. The van der Waals surface area contributed by atoms with Gasteiger partial charge in [0.15, 0.2) is 0 Å². The van der Waals surface area contributed by atoms with Gasteiger partial charge in [0.05, 0.1) is 12.8 Å². The van der Waals surface area contributed by atoms with E-state index in [0.717, 1.165) is 22.6 Å². The van der Waals surface area contributed by atoms with Crippen LogP contribution < -0.4 is 4.74 Å². The number of rotatable bonds is 11. The van der Waals surface area contributed by atoms with Gasteiger partial charge in [-0.05, 0) is 37.6 Å². The van der Waals surface area contributed by atoms with Gasteiger partial charge in [-0.1, -0.05) is 53.2 Å². The van der Waals surface area contributed by atoms with Crippen LogP contribution in [0.1, 0.15) is 22.8 Å². The van der Waals surface area contributed by atoms with Gasteiger partial charge < -0.3 is 18.8 Å². The largest absolute Gasteiger partial charge is 0.491 e. The number of nitrogens with zero attached hydrogens (tertiary/aromatic N) is 3. The minimum atomic E-state index is -0.662. The quantitative estimate of drug-likeness (QED) is 0.364. The highest BCUT2D eigenvalue weighted by Gasteiger charge is 2.17. The second-order valence-corrected chi connectivity index (χ2v) is 8.17. The fraction of sp³-hybridized carbons (Fsp3) is 0.308. The second kappa shape index (κ2) is 10.9. The Bertz CT molecular complexity index is 1120. The first kappa shape index (κ1) is 22.8. The predicted molar refractivity (Wildman–Crippen MR) is 125 cm³/mol. The summed E-state index contributed by atoms with van der Waals surface area (Å²) in [5.41, 5.74) is 3.14. The molecule has 0 unspecified atom stereocenters. The number of para-hydroxylation sites is 1. The Labute approximate surface area is 193 Å². The molecule has 0 aliphatic heterocycles. The number of benzene rings is 2. The highest BCUT2D eigenvalue weighted by Crippen LogP contribution is 2.18. The van der Waals surface area contributed by atoms with Gasteiger partial charge in [-0.15, -0.1) is 0 Å². The summed E-state index contributed by atoms with van der Waals surface area (Å²) in [6, 6.07) is 19.6. The van der Waals surface area contributed by atoms with Crippen molar-refractivity contribution in [2.75, 3.05) is 19.7 Å². The van der Waals surface area contributed by atoms with E-state index in [2.05, 4.69) is 15.0 Å². The summed E-state index contributed by atoms with van der Waals surface area (Å²) in [5, 5.41) is 14.7. The smallest absolute Gasteiger partial charge is 0.228 e. The molecule has 4 rings (SSSR count). The molecule has 0 bridgehead atoms. The van der Waals surface area contributed by atoms with Crippen LogP contribution in [0.15, 0.2) is 75.9 Å². The second-order valence-electron chi connectivity index (χ2n) is 8.17. The minimum absolute atomic E-state index is 0.206. The van der Waals surface area contributed by atoms with E-state index in [1.807, 2.05) is 74.5 Å². The van der Waals surface area contributed by atoms with Crippen LogP contribution in [0.25, 0.3) is 11.4 Å². The summed E-state index contributed by atoms with van der Waals surface area (Å²) >= 11 is 0. The van der Waals surface area contributed by atoms with Crippen molar-refractivity contribution in [2.24, 2.45) is 0 Å². The standard InChI is InChI=1S/C26H29N3O4/c1-19-9-11-21(12-10-19)26-27-25(33-28-26)13-14-29(17-23-7-5-15-31-23)16-22(30)18-32-24-8-4-3-6-20(24)2/h3-12,15,22,30H,13-14,16-18H2,1-2H3/t22-/m1/s1. The maximum Gasteiger partial charge on any atom is 0.228 e. The molecular weight excluding hydrogens is 418 g/mol. The molecule has 0 radical (unpaired) electrons. The van der Waals surface area contributed by atoms with Crippen molar-refractivity contribution in [3.63, 3.8) is 0 Å². The van der Waals surface area contributed by atoms with Crippen molar-refractivity contribution < 1.29 is 18.8 Å².